The SMILES string of the molecule is CN[Si](NC)(OC)OC. The minimum Gasteiger partial charge on any atom is -0.374 e. The lowest BCUT2D eigenvalue weighted by atomic mass is 11.6. The fourth-order valence-corrected chi connectivity index (χ4v) is 1.85. The summed E-state index contributed by atoms with van der Waals surface area (Å²) in [6.07, 6.45) is 0. The summed E-state index contributed by atoms with van der Waals surface area (Å²) in [6.45, 7) is 0. The van der Waals surface area contributed by atoms with E-state index in [-0.39, 0.29) is 0 Å². The highest BCUT2D eigenvalue weighted by atomic mass is 28.4. The Morgan fingerprint density at radius 2 is 1.33 bits per heavy atom. The molecule has 5 heteroatoms. The second-order valence-electron chi connectivity index (χ2n) is 1.52. The first-order chi connectivity index (χ1) is 4.24. The van der Waals surface area contributed by atoms with Gasteiger partial charge in [-0.3, -0.25) is 9.96 Å². The van der Waals surface area contributed by atoms with E-state index in [1.54, 1.807) is 28.3 Å². The predicted octanol–water partition coefficient (Wildman–Crippen LogP) is -0.846. The molecule has 0 aromatic heterocycles. The molecule has 4 nitrogen and oxygen atoms in total. The van der Waals surface area contributed by atoms with Gasteiger partial charge in [-0.05, 0) is 14.1 Å². The Hall–Kier alpha value is 0.0569. The third-order valence-corrected chi connectivity index (χ3v) is 3.70. The highest BCUT2D eigenvalue weighted by molar-refractivity contribution is 6.61. The largest absolute Gasteiger partial charge is 0.515 e. The van der Waals surface area contributed by atoms with E-state index in [0.717, 1.165) is 0 Å². The second-order valence-corrected chi connectivity index (χ2v) is 4.57. The zero-order valence-corrected chi connectivity index (χ0v) is 7.32. The van der Waals surface area contributed by atoms with Gasteiger partial charge >= 0.3 is 8.88 Å². The van der Waals surface area contributed by atoms with Gasteiger partial charge in [-0.25, -0.2) is 0 Å². The van der Waals surface area contributed by atoms with Gasteiger partial charge in [0.1, 0.15) is 0 Å². The molecule has 0 spiro atoms. The minimum absolute atomic E-state index is 1.61. The van der Waals surface area contributed by atoms with Crippen molar-refractivity contribution in [2.24, 2.45) is 0 Å². The van der Waals surface area contributed by atoms with Crippen LogP contribution in [0.4, 0.5) is 0 Å². The van der Waals surface area contributed by atoms with Gasteiger partial charge in [0, 0.05) is 14.2 Å². The molecule has 0 atom stereocenters. The average molecular weight is 150 g/mol. The third-order valence-electron chi connectivity index (χ3n) is 1.23. The molecule has 0 aromatic rings. The lowest BCUT2D eigenvalue weighted by Gasteiger charge is -2.23. The number of rotatable bonds is 4. The summed E-state index contributed by atoms with van der Waals surface area (Å²) in [6, 6.07) is 0. The topological polar surface area (TPSA) is 42.5 Å². The van der Waals surface area contributed by atoms with Crippen LogP contribution in [-0.4, -0.2) is 37.2 Å². The van der Waals surface area contributed by atoms with Gasteiger partial charge in [-0.1, -0.05) is 0 Å². The fraction of sp³-hybridized carbons (Fsp3) is 1.00. The standard InChI is InChI=1S/C4H14N2O2Si/c1-5-9(6-2,7-3)8-4/h5-6H,1-4H3. The van der Waals surface area contributed by atoms with Gasteiger partial charge < -0.3 is 8.85 Å². The molecule has 0 bridgehead atoms. The summed E-state index contributed by atoms with van der Waals surface area (Å²) < 4.78 is 10.2. The summed E-state index contributed by atoms with van der Waals surface area (Å²) in [4.78, 5) is 5.90. The van der Waals surface area contributed by atoms with Crippen molar-refractivity contribution >= 4 is 8.88 Å². The van der Waals surface area contributed by atoms with Gasteiger partial charge in [0.25, 0.3) is 0 Å². The van der Waals surface area contributed by atoms with E-state index in [1.165, 1.54) is 0 Å². The summed E-state index contributed by atoms with van der Waals surface area (Å²) in [7, 11) is 4.64. The molecule has 0 aromatic carbocycles. The molecule has 0 aliphatic carbocycles. The molecule has 0 aliphatic rings. The van der Waals surface area contributed by atoms with Crippen molar-refractivity contribution in [3.63, 3.8) is 0 Å². The Morgan fingerprint density at radius 1 is 1.00 bits per heavy atom. The van der Waals surface area contributed by atoms with Gasteiger partial charge in [0.2, 0.25) is 0 Å². The first-order valence-corrected chi connectivity index (χ1v) is 4.54. The Balaban J connectivity index is 3.82. The van der Waals surface area contributed by atoms with E-state index in [2.05, 4.69) is 9.96 Å². The van der Waals surface area contributed by atoms with Crippen molar-refractivity contribution in [1.82, 2.24) is 9.96 Å². The lowest BCUT2D eigenvalue weighted by Crippen LogP contribution is -2.63. The zero-order chi connectivity index (χ0) is 7.33. The van der Waals surface area contributed by atoms with E-state index in [9.17, 15) is 0 Å². The van der Waals surface area contributed by atoms with Crippen LogP contribution in [-0.2, 0) is 8.85 Å². The molecule has 0 aliphatic heterocycles. The Bertz CT molecular complexity index is 59.5. The molecule has 0 unspecified atom stereocenters. The van der Waals surface area contributed by atoms with Gasteiger partial charge in [0.15, 0.2) is 0 Å². The second kappa shape index (κ2) is 3.97. The van der Waals surface area contributed by atoms with Crippen molar-refractivity contribution in [3.05, 3.63) is 0 Å². The summed E-state index contributed by atoms with van der Waals surface area (Å²) in [5, 5.41) is 0. The average Bonchev–Trinajstić information content (AvgIpc) is 1.95. The molecule has 0 saturated heterocycles. The van der Waals surface area contributed by atoms with Crippen molar-refractivity contribution in [3.8, 4) is 0 Å². The van der Waals surface area contributed by atoms with Crippen molar-refractivity contribution < 1.29 is 8.85 Å². The van der Waals surface area contributed by atoms with E-state index in [1.807, 2.05) is 0 Å². The van der Waals surface area contributed by atoms with E-state index >= 15 is 0 Å². The van der Waals surface area contributed by atoms with Crippen LogP contribution in [0.1, 0.15) is 0 Å². The number of hydrogen-bond donors (Lipinski definition) is 2. The lowest BCUT2D eigenvalue weighted by molar-refractivity contribution is 0.221. The highest BCUT2D eigenvalue weighted by Crippen LogP contribution is 1.90. The van der Waals surface area contributed by atoms with Crippen molar-refractivity contribution in [2.45, 2.75) is 0 Å². The van der Waals surface area contributed by atoms with E-state index in [4.69, 9.17) is 8.85 Å². The summed E-state index contributed by atoms with van der Waals surface area (Å²) >= 11 is 0. The van der Waals surface area contributed by atoms with Crippen LogP contribution in [0.2, 0.25) is 0 Å². The Labute approximate surface area is 56.9 Å². The molecule has 2 N–H and O–H groups in total. The smallest absolute Gasteiger partial charge is 0.374 e. The van der Waals surface area contributed by atoms with Crippen molar-refractivity contribution in [1.29, 1.82) is 0 Å². The van der Waals surface area contributed by atoms with Crippen LogP contribution in [0.5, 0.6) is 0 Å². The van der Waals surface area contributed by atoms with Crippen LogP contribution < -0.4 is 9.96 Å². The molecule has 0 radical (unpaired) electrons. The molecular formula is C4H14N2O2Si. The van der Waals surface area contributed by atoms with Crippen LogP contribution >= 0.6 is 0 Å². The van der Waals surface area contributed by atoms with E-state index in [0.29, 0.717) is 0 Å². The highest BCUT2D eigenvalue weighted by Gasteiger charge is 2.32. The van der Waals surface area contributed by atoms with Gasteiger partial charge in [-0.15, -0.1) is 0 Å². The summed E-state index contributed by atoms with van der Waals surface area (Å²) in [5.41, 5.74) is 0. The van der Waals surface area contributed by atoms with Crippen molar-refractivity contribution in [2.75, 3.05) is 28.3 Å². The zero-order valence-electron chi connectivity index (χ0n) is 6.32. The van der Waals surface area contributed by atoms with Crippen LogP contribution in [0.15, 0.2) is 0 Å². The molecule has 9 heavy (non-hydrogen) atoms. The number of hydrogen-bond acceptors (Lipinski definition) is 4. The fourth-order valence-electron chi connectivity index (χ4n) is 0.617. The van der Waals surface area contributed by atoms with Crippen LogP contribution in [0.3, 0.4) is 0 Å². The first kappa shape index (κ1) is 9.06. The number of nitrogens with one attached hydrogen (secondary N) is 2. The molecule has 0 fully saturated rings. The molecule has 0 heterocycles. The first-order valence-electron chi connectivity index (χ1n) is 2.72. The monoisotopic (exact) mass is 150 g/mol. The minimum atomic E-state index is -2.19. The third kappa shape index (κ3) is 2.03. The maximum Gasteiger partial charge on any atom is 0.515 e. The Kier molecular flexibility index (Phi) is 3.99. The maximum absolute atomic E-state index is 5.08. The molecular weight excluding hydrogens is 136 g/mol. The normalized spacial score (nSPS) is 12.0. The predicted molar refractivity (Wildman–Crippen MR) is 37.9 cm³/mol. The van der Waals surface area contributed by atoms with Crippen LogP contribution in [0.25, 0.3) is 0 Å². The quantitative estimate of drug-likeness (QED) is 0.513. The molecule has 56 valence electrons. The molecule has 0 amide bonds. The van der Waals surface area contributed by atoms with Gasteiger partial charge in [-0.2, -0.15) is 0 Å². The van der Waals surface area contributed by atoms with E-state index < -0.39 is 8.88 Å². The molecule has 0 rings (SSSR count). The molecule has 0 saturated carbocycles. The summed E-state index contributed by atoms with van der Waals surface area (Å²) in [5.74, 6) is 0. The maximum atomic E-state index is 5.08. The van der Waals surface area contributed by atoms with Gasteiger partial charge in [0.05, 0.1) is 0 Å². The van der Waals surface area contributed by atoms with Crippen LogP contribution in [0, 0.1) is 0 Å². The Morgan fingerprint density at radius 3 is 1.33 bits per heavy atom.